The summed E-state index contributed by atoms with van der Waals surface area (Å²) in [4.78, 5) is 21.9. The molecular formula is C9H18N2O4Si. The van der Waals surface area contributed by atoms with Gasteiger partial charge in [-0.2, -0.15) is 0 Å². The van der Waals surface area contributed by atoms with E-state index in [0.717, 1.165) is 25.2 Å². The Bertz CT molecular complexity index is 268. The zero-order chi connectivity index (χ0) is 12.6. The van der Waals surface area contributed by atoms with E-state index in [-0.39, 0.29) is 0 Å². The molecule has 0 aliphatic rings. The molecule has 0 N–H and O–H groups in total. The first kappa shape index (κ1) is 14.8. The van der Waals surface area contributed by atoms with Crippen molar-refractivity contribution in [1.82, 2.24) is 0 Å². The highest BCUT2D eigenvalue weighted by Gasteiger charge is 2.32. The van der Waals surface area contributed by atoms with Crippen LogP contribution in [0, 0.1) is 0 Å². The number of ether oxygens (including phenoxy) is 1. The maximum atomic E-state index is 11.3. The van der Waals surface area contributed by atoms with Crippen molar-refractivity contribution in [3.63, 3.8) is 0 Å². The smallest absolute Gasteiger partial charge is 0.452 e. The van der Waals surface area contributed by atoms with E-state index in [1.165, 1.54) is 0 Å². The highest BCUT2D eigenvalue weighted by Crippen LogP contribution is 2.22. The van der Waals surface area contributed by atoms with Gasteiger partial charge in [0.2, 0.25) is 0 Å². The first-order valence-corrected chi connectivity index (χ1v) is 7.79. The maximum Gasteiger partial charge on any atom is 0.452 e. The van der Waals surface area contributed by atoms with Crippen molar-refractivity contribution in [2.75, 3.05) is 7.11 Å². The van der Waals surface area contributed by atoms with Gasteiger partial charge in [0.05, 0.1) is 7.11 Å². The Labute approximate surface area is 96.2 Å². The summed E-state index contributed by atoms with van der Waals surface area (Å²) in [5.74, 6) is 0. The van der Waals surface area contributed by atoms with Crippen molar-refractivity contribution in [2.45, 2.75) is 38.9 Å². The van der Waals surface area contributed by atoms with Gasteiger partial charge in [0.1, 0.15) is 0 Å². The molecule has 0 atom stereocenters. The summed E-state index contributed by atoms with van der Waals surface area (Å²) >= 11 is 0. The van der Waals surface area contributed by atoms with E-state index in [4.69, 9.17) is 4.43 Å². The molecule has 92 valence electrons. The van der Waals surface area contributed by atoms with Crippen molar-refractivity contribution in [2.24, 2.45) is 10.2 Å². The summed E-state index contributed by atoms with van der Waals surface area (Å²) in [6.07, 6.45) is -1.71. The number of nitrogens with zero attached hydrogens (tertiary/aromatic N) is 2. The van der Waals surface area contributed by atoms with Crippen LogP contribution >= 0.6 is 0 Å². The van der Waals surface area contributed by atoms with E-state index in [1.807, 2.05) is 20.8 Å². The van der Waals surface area contributed by atoms with Gasteiger partial charge < -0.3 is 9.16 Å². The number of methoxy groups -OCH3 is 1. The minimum absolute atomic E-state index is 0.803. The molecule has 0 aliphatic heterocycles. The predicted molar refractivity (Wildman–Crippen MR) is 60.9 cm³/mol. The monoisotopic (exact) mass is 246 g/mol. The Morgan fingerprint density at radius 1 is 1.00 bits per heavy atom. The van der Waals surface area contributed by atoms with Crippen molar-refractivity contribution in [1.29, 1.82) is 0 Å². The van der Waals surface area contributed by atoms with Gasteiger partial charge in [-0.3, -0.25) is 0 Å². The average Bonchev–Trinajstić information content (AvgIpc) is 2.33. The van der Waals surface area contributed by atoms with Gasteiger partial charge >= 0.3 is 12.2 Å². The quantitative estimate of drug-likeness (QED) is 0.563. The molecule has 0 aromatic rings. The van der Waals surface area contributed by atoms with Crippen LogP contribution in [-0.4, -0.2) is 27.6 Å². The summed E-state index contributed by atoms with van der Waals surface area (Å²) in [6.45, 7) is 5.97. The van der Waals surface area contributed by atoms with Gasteiger partial charge in [0, 0.05) is 0 Å². The first-order valence-electron chi connectivity index (χ1n) is 5.26. The number of amides is 2. The molecule has 0 bridgehead atoms. The molecule has 0 saturated heterocycles. The fourth-order valence-corrected chi connectivity index (χ4v) is 3.64. The van der Waals surface area contributed by atoms with Crippen molar-refractivity contribution in [3.8, 4) is 0 Å². The molecule has 0 aliphatic carbocycles. The third-order valence-corrected chi connectivity index (χ3v) is 7.10. The van der Waals surface area contributed by atoms with Crippen molar-refractivity contribution >= 4 is 20.5 Å². The molecule has 0 spiro atoms. The molecule has 0 aromatic heterocycles. The number of azo groups is 1. The van der Waals surface area contributed by atoms with Gasteiger partial charge in [0.15, 0.2) is 0 Å². The van der Waals surface area contributed by atoms with Gasteiger partial charge in [-0.05, 0) is 18.1 Å². The molecule has 0 unspecified atom stereocenters. The van der Waals surface area contributed by atoms with Crippen LogP contribution in [-0.2, 0) is 9.16 Å². The summed E-state index contributed by atoms with van der Waals surface area (Å²) in [7, 11) is -0.856. The molecule has 7 heteroatoms. The van der Waals surface area contributed by atoms with Gasteiger partial charge in [-0.15, -0.1) is 0 Å². The largest absolute Gasteiger partial charge is 0.501 e. The molecule has 16 heavy (non-hydrogen) atoms. The van der Waals surface area contributed by atoms with Crippen LogP contribution in [0.5, 0.6) is 0 Å². The van der Waals surface area contributed by atoms with Crippen molar-refractivity contribution in [3.05, 3.63) is 0 Å². The number of carbonyl (C=O) groups is 2. The fraction of sp³-hybridized carbons (Fsp3) is 0.778. The second kappa shape index (κ2) is 7.10. The third kappa shape index (κ3) is 4.52. The topological polar surface area (TPSA) is 77.3 Å². The molecule has 0 saturated carbocycles. The molecule has 0 fully saturated rings. The minimum Gasteiger partial charge on any atom is -0.501 e. The second-order valence-corrected chi connectivity index (χ2v) is 7.97. The third-order valence-electron chi connectivity index (χ3n) is 2.62. The molecule has 0 radical (unpaired) electrons. The summed E-state index contributed by atoms with van der Waals surface area (Å²) in [5.41, 5.74) is 0. The molecular weight excluding hydrogens is 228 g/mol. The van der Waals surface area contributed by atoms with Crippen molar-refractivity contribution < 1.29 is 18.8 Å². The van der Waals surface area contributed by atoms with E-state index < -0.39 is 20.5 Å². The lowest BCUT2D eigenvalue weighted by molar-refractivity contribution is 0.177. The van der Waals surface area contributed by atoms with E-state index in [0.29, 0.717) is 0 Å². The molecule has 0 aromatic carbocycles. The number of hydrogen-bond acceptors (Lipinski definition) is 4. The Balaban J connectivity index is 4.42. The first-order chi connectivity index (χ1) is 7.53. The average molecular weight is 246 g/mol. The fourth-order valence-electron chi connectivity index (χ4n) is 1.29. The SMILES string of the molecule is CC[Si](CC)(CC)OC(=O)/N=N/C(=O)OC. The van der Waals surface area contributed by atoms with Crippen LogP contribution in [0.1, 0.15) is 20.8 Å². The molecule has 2 amide bonds. The molecule has 0 heterocycles. The van der Waals surface area contributed by atoms with E-state index in [9.17, 15) is 9.59 Å². The lowest BCUT2D eigenvalue weighted by Crippen LogP contribution is -2.37. The highest BCUT2D eigenvalue weighted by molar-refractivity contribution is 6.74. The van der Waals surface area contributed by atoms with Gasteiger partial charge in [0.25, 0.3) is 8.32 Å². The number of carbonyl (C=O) groups excluding carboxylic acids is 2. The summed E-state index contributed by atoms with van der Waals surface area (Å²) < 4.78 is 9.53. The molecule has 0 rings (SSSR count). The van der Waals surface area contributed by atoms with Gasteiger partial charge in [-0.25, -0.2) is 9.59 Å². The lowest BCUT2D eigenvalue weighted by atomic mass is 10.9. The second-order valence-electron chi connectivity index (χ2n) is 3.28. The summed E-state index contributed by atoms with van der Waals surface area (Å²) in [5, 5.41) is 6.19. The highest BCUT2D eigenvalue weighted by atomic mass is 28.4. The molecule has 6 nitrogen and oxygen atoms in total. The van der Waals surface area contributed by atoms with Crippen LogP contribution in [0.25, 0.3) is 0 Å². The predicted octanol–water partition coefficient (Wildman–Crippen LogP) is 3.35. The Hall–Kier alpha value is -1.24. The van der Waals surface area contributed by atoms with Crippen LogP contribution < -0.4 is 0 Å². The van der Waals surface area contributed by atoms with E-state index in [2.05, 4.69) is 15.0 Å². The Kier molecular flexibility index (Phi) is 6.55. The zero-order valence-corrected chi connectivity index (χ0v) is 11.1. The van der Waals surface area contributed by atoms with E-state index >= 15 is 0 Å². The maximum absolute atomic E-state index is 11.3. The number of rotatable bonds is 4. The van der Waals surface area contributed by atoms with Crippen LogP contribution in [0.4, 0.5) is 9.59 Å². The Morgan fingerprint density at radius 3 is 1.81 bits per heavy atom. The normalized spacial score (nSPS) is 11.5. The number of hydrogen-bond donors (Lipinski definition) is 0. The van der Waals surface area contributed by atoms with E-state index in [1.54, 1.807) is 0 Å². The Morgan fingerprint density at radius 2 is 1.44 bits per heavy atom. The summed E-state index contributed by atoms with van der Waals surface area (Å²) in [6, 6.07) is 2.50. The van der Waals surface area contributed by atoms with Gasteiger partial charge in [-0.1, -0.05) is 31.0 Å². The minimum atomic E-state index is -2.02. The zero-order valence-electron chi connectivity index (χ0n) is 10.1. The lowest BCUT2D eigenvalue weighted by Gasteiger charge is -2.25. The van der Waals surface area contributed by atoms with Crippen LogP contribution in [0.3, 0.4) is 0 Å². The standard InChI is InChI=1S/C9H18N2O4Si/c1-5-16(6-2,7-3)15-9(13)11-10-8(12)14-4/h5-7H2,1-4H3/b11-10+. The van der Waals surface area contributed by atoms with Crippen LogP contribution in [0.15, 0.2) is 10.2 Å². The van der Waals surface area contributed by atoms with Crippen LogP contribution in [0.2, 0.25) is 18.1 Å².